The van der Waals surface area contributed by atoms with Gasteiger partial charge in [-0.3, -0.25) is 4.79 Å². The second-order valence-corrected chi connectivity index (χ2v) is 5.56. The second-order valence-electron chi connectivity index (χ2n) is 5.56. The van der Waals surface area contributed by atoms with Crippen molar-refractivity contribution >= 4 is 11.5 Å². The van der Waals surface area contributed by atoms with Crippen molar-refractivity contribution in [3.8, 4) is 17.9 Å². The molecule has 0 fully saturated rings. The molecule has 1 aromatic carbocycles. The number of nitriles is 1. The maximum absolute atomic E-state index is 14.0. The number of halogens is 1. The van der Waals surface area contributed by atoms with E-state index in [1.54, 1.807) is 6.92 Å². The van der Waals surface area contributed by atoms with Gasteiger partial charge in [0.25, 0.3) is 0 Å². The van der Waals surface area contributed by atoms with Crippen molar-refractivity contribution in [2.24, 2.45) is 0 Å². The average Bonchev–Trinajstić information content (AvgIpc) is 2.53. The molecule has 1 heterocycles. The first-order valence-corrected chi connectivity index (χ1v) is 7.69. The quantitative estimate of drug-likeness (QED) is 0.687. The first-order valence-electron chi connectivity index (χ1n) is 7.69. The van der Waals surface area contributed by atoms with Crippen LogP contribution in [0.2, 0.25) is 0 Å². The molecule has 0 atom stereocenters. The van der Waals surface area contributed by atoms with Crippen molar-refractivity contribution in [1.29, 1.82) is 5.26 Å². The Labute approximate surface area is 136 Å². The van der Waals surface area contributed by atoms with Gasteiger partial charge in [-0.15, -0.1) is 0 Å². The Kier molecular flexibility index (Phi) is 5.55. The van der Waals surface area contributed by atoms with Crippen LogP contribution < -0.4 is 5.32 Å². The summed E-state index contributed by atoms with van der Waals surface area (Å²) >= 11 is 0. The third kappa shape index (κ3) is 3.99. The second kappa shape index (κ2) is 7.61. The Hall–Kier alpha value is -2.59. The number of nitrogens with one attached hydrogen (secondary N) is 1. The number of carbonyl (C=O) groups excluding carboxylic acids is 1. The van der Waals surface area contributed by atoms with Crippen molar-refractivity contribution in [3.05, 3.63) is 40.2 Å². The molecular weight excluding hydrogens is 291 g/mol. The van der Waals surface area contributed by atoms with Gasteiger partial charge in [-0.25, -0.2) is 4.39 Å². The molecule has 23 heavy (non-hydrogen) atoms. The molecule has 1 aromatic rings. The van der Waals surface area contributed by atoms with Gasteiger partial charge in [0, 0.05) is 30.5 Å². The zero-order chi connectivity index (χ0) is 16.8. The van der Waals surface area contributed by atoms with Crippen molar-refractivity contribution in [2.45, 2.75) is 39.5 Å². The third-order valence-electron chi connectivity index (χ3n) is 3.98. The minimum absolute atomic E-state index is 0.146. The summed E-state index contributed by atoms with van der Waals surface area (Å²) in [4.78, 5) is 12.1. The highest BCUT2D eigenvalue weighted by Gasteiger charge is 2.16. The van der Waals surface area contributed by atoms with E-state index >= 15 is 0 Å². The standard InChI is InChI=1S/C19H19FN2O/c1-13-14(2)19(23)22-10-6-4-8-17-15(7-3-5-9-21)11-16(20)12-18(13)17/h11-12H,3,5-7,10H2,1-2H3,(H,22,23)/b14-13+. The van der Waals surface area contributed by atoms with E-state index in [1.807, 2.05) is 6.92 Å². The van der Waals surface area contributed by atoms with Gasteiger partial charge in [-0.05, 0) is 55.5 Å². The summed E-state index contributed by atoms with van der Waals surface area (Å²) < 4.78 is 14.0. The molecule has 0 bridgehead atoms. The summed E-state index contributed by atoms with van der Waals surface area (Å²) in [5, 5.41) is 11.5. The Bertz CT molecular complexity index is 760. The number of unbranched alkanes of at least 4 members (excludes halogenated alkanes) is 1. The molecule has 0 unspecified atom stereocenters. The highest BCUT2D eigenvalue weighted by Crippen LogP contribution is 2.27. The molecule has 1 aliphatic heterocycles. The molecule has 0 saturated carbocycles. The summed E-state index contributed by atoms with van der Waals surface area (Å²) in [5.41, 5.74) is 3.55. The van der Waals surface area contributed by atoms with Crippen LogP contribution in [0.1, 0.15) is 49.8 Å². The van der Waals surface area contributed by atoms with Gasteiger partial charge in [0.15, 0.2) is 0 Å². The number of hydrogen-bond acceptors (Lipinski definition) is 2. The number of benzene rings is 1. The van der Waals surface area contributed by atoms with Crippen LogP contribution in [-0.2, 0) is 11.2 Å². The van der Waals surface area contributed by atoms with E-state index in [-0.39, 0.29) is 11.7 Å². The van der Waals surface area contributed by atoms with Gasteiger partial charge in [-0.1, -0.05) is 11.8 Å². The maximum atomic E-state index is 14.0. The Balaban J connectivity index is 2.60. The Morgan fingerprint density at radius 1 is 1.35 bits per heavy atom. The average molecular weight is 310 g/mol. The van der Waals surface area contributed by atoms with Crippen LogP contribution in [0.25, 0.3) is 5.57 Å². The zero-order valence-corrected chi connectivity index (χ0v) is 13.4. The van der Waals surface area contributed by atoms with E-state index < -0.39 is 0 Å². The van der Waals surface area contributed by atoms with E-state index in [1.165, 1.54) is 12.1 Å². The molecule has 0 aromatic heterocycles. The molecule has 3 nitrogen and oxygen atoms in total. The number of allylic oxidation sites excluding steroid dienone is 1. The zero-order valence-electron chi connectivity index (χ0n) is 13.4. The van der Waals surface area contributed by atoms with Crippen LogP contribution in [0.3, 0.4) is 0 Å². The van der Waals surface area contributed by atoms with Crippen LogP contribution in [0.4, 0.5) is 4.39 Å². The molecule has 1 aliphatic rings. The lowest BCUT2D eigenvalue weighted by molar-refractivity contribution is -0.117. The SMILES string of the molecule is C/C1=C(/C)c2cc(F)cc(CCCC#N)c2C#CCCNC1=O. The van der Waals surface area contributed by atoms with Crippen LogP contribution in [0.15, 0.2) is 17.7 Å². The fraction of sp³-hybridized carbons (Fsp3) is 0.368. The number of fused-ring (bicyclic) bond motifs is 1. The minimum Gasteiger partial charge on any atom is -0.351 e. The number of amides is 1. The van der Waals surface area contributed by atoms with Crippen LogP contribution in [0.5, 0.6) is 0 Å². The Morgan fingerprint density at radius 2 is 2.13 bits per heavy atom. The summed E-state index contributed by atoms with van der Waals surface area (Å²) in [6, 6.07) is 5.02. The van der Waals surface area contributed by atoms with Crippen LogP contribution >= 0.6 is 0 Å². The molecule has 118 valence electrons. The molecule has 2 rings (SSSR count). The van der Waals surface area contributed by atoms with E-state index in [0.717, 1.165) is 16.7 Å². The lowest BCUT2D eigenvalue weighted by atomic mass is 9.91. The van der Waals surface area contributed by atoms with Crippen molar-refractivity contribution < 1.29 is 9.18 Å². The van der Waals surface area contributed by atoms with Crippen molar-refractivity contribution in [2.75, 3.05) is 6.54 Å². The van der Waals surface area contributed by atoms with E-state index in [9.17, 15) is 9.18 Å². The summed E-state index contributed by atoms with van der Waals surface area (Å²) in [7, 11) is 0. The van der Waals surface area contributed by atoms with Crippen molar-refractivity contribution in [1.82, 2.24) is 5.32 Å². The molecular formula is C19H19FN2O. The van der Waals surface area contributed by atoms with Gasteiger partial charge >= 0.3 is 0 Å². The largest absolute Gasteiger partial charge is 0.351 e. The fourth-order valence-electron chi connectivity index (χ4n) is 2.56. The predicted octanol–water partition coefficient (Wildman–Crippen LogP) is 3.34. The molecule has 1 amide bonds. The fourth-order valence-corrected chi connectivity index (χ4v) is 2.56. The smallest absolute Gasteiger partial charge is 0.247 e. The first-order chi connectivity index (χ1) is 11.0. The van der Waals surface area contributed by atoms with Crippen LogP contribution in [0, 0.1) is 29.0 Å². The maximum Gasteiger partial charge on any atom is 0.247 e. The molecule has 0 saturated heterocycles. The number of nitrogens with zero attached hydrogens (tertiary/aromatic N) is 1. The molecule has 1 N–H and O–H groups in total. The Morgan fingerprint density at radius 3 is 2.87 bits per heavy atom. The first kappa shape index (κ1) is 16.8. The van der Waals surface area contributed by atoms with E-state index in [2.05, 4.69) is 23.2 Å². The number of carbonyl (C=O) groups is 1. The number of rotatable bonds is 3. The van der Waals surface area contributed by atoms with Gasteiger partial charge in [0.1, 0.15) is 5.82 Å². The third-order valence-corrected chi connectivity index (χ3v) is 3.98. The molecule has 0 radical (unpaired) electrons. The van der Waals surface area contributed by atoms with E-state index in [4.69, 9.17) is 5.26 Å². The summed E-state index contributed by atoms with van der Waals surface area (Å²) in [6.45, 7) is 4.05. The number of aryl methyl sites for hydroxylation is 1. The number of hydrogen-bond donors (Lipinski definition) is 1. The topological polar surface area (TPSA) is 52.9 Å². The summed E-state index contributed by atoms with van der Waals surface area (Å²) in [5.74, 6) is 5.69. The minimum atomic E-state index is -0.345. The lowest BCUT2D eigenvalue weighted by Gasteiger charge is -2.15. The van der Waals surface area contributed by atoms with Gasteiger partial charge in [0.2, 0.25) is 5.91 Å². The summed E-state index contributed by atoms with van der Waals surface area (Å²) in [6.07, 6.45) is 2.23. The molecule has 4 heteroatoms. The predicted molar refractivity (Wildman–Crippen MR) is 87.7 cm³/mol. The van der Waals surface area contributed by atoms with Gasteiger partial charge in [-0.2, -0.15) is 5.26 Å². The van der Waals surface area contributed by atoms with Crippen LogP contribution in [-0.4, -0.2) is 12.5 Å². The molecule has 0 aliphatic carbocycles. The lowest BCUT2D eigenvalue weighted by Crippen LogP contribution is -2.25. The highest BCUT2D eigenvalue weighted by molar-refractivity contribution is 6.00. The van der Waals surface area contributed by atoms with Gasteiger partial charge < -0.3 is 5.32 Å². The monoisotopic (exact) mass is 310 g/mol. The van der Waals surface area contributed by atoms with Gasteiger partial charge in [0.05, 0.1) is 6.07 Å². The van der Waals surface area contributed by atoms with E-state index in [0.29, 0.717) is 43.4 Å². The normalized spacial score (nSPS) is 17.4. The molecule has 0 spiro atoms. The van der Waals surface area contributed by atoms with Crippen molar-refractivity contribution in [3.63, 3.8) is 0 Å². The highest BCUT2D eigenvalue weighted by atomic mass is 19.1.